The van der Waals surface area contributed by atoms with E-state index in [4.69, 9.17) is 29.3 Å². The molecule has 0 unspecified atom stereocenters. The number of benzene rings is 1. The number of nitrogens with one attached hydrogen (secondary N) is 2. The summed E-state index contributed by atoms with van der Waals surface area (Å²) in [4.78, 5) is 29.9. The second-order valence-electron chi connectivity index (χ2n) is 6.83. The number of carbonyl (C=O) groups is 2. The van der Waals surface area contributed by atoms with Crippen molar-refractivity contribution in [3.63, 3.8) is 0 Å². The lowest BCUT2D eigenvalue weighted by Crippen LogP contribution is -2.24. The van der Waals surface area contributed by atoms with Crippen molar-refractivity contribution in [2.24, 2.45) is 0 Å². The minimum absolute atomic E-state index is 0.617. The van der Waals surface area contributed by atoms with E-state index in [1.54, 1.807) is 13.3 Å². The van der Waals surface area contributed by atoms with Gasteiger partial charge in [0.2, 0.25) is 0 Å². The molecule has 17 heteroatoms. The molecule has 210 valence electrons. The van der Waals surface area contributed by atoms with Gasteiger partial charge in [-0.15, -0.1) is 0 Å². The number of rotatable bonds is 8. The van der Waals surface area contributed by atoms with E-state index >= 15 is 0 Å². The van der Waals surface area contributed by atoms with Crippen molar-refractivity contribution in [1.29, 1.82) is 0 Å². The van der Waals surface area contributed by atoms with Gasteiger partial charge in [0.1, 0.15) is 18.2 Å². The first kappa shape index (κ1) is 32.6. The molecule has 0 fully saturated rings. The van der Waals surface area contributed by atoms with Crippen LogP contribution >= 0.6 is 15.9 Å². The van der Waals surface area contributed by atoms with Crippen LogP contribution in [0.3, 0.4) is 0 Å². The number of aliphatic carboxylic acids is 2. The molecule has 0 bridgehead atoms. The molecule has 2 heterocycles. The summed E-state index contributed by atoms with van der Waals surface area (Å²) in [6.07, 6.45) is -8.43. The quantitative estimate of drug-likeness (QED) is 0.215. The van der Waals surface area contributed by atoms with Gasteiger partial charge in [-0.1, -0.05) is 0 Å². The van der Waals surface area contributed by atoms with Gasteiger partial charge in [0.15, 0.2) is 5.65 Å². The Labute approximate surface area is 219 Å². The number of methoxy groups -OCH3 is 1. The number of ether oxygens (including phenoxy) is 2. The second-order valence-corrected chi connectivity index (χ2v) is 7.75. The van der Waals surface area contributed by atoms with Crippen LogP contribution in [0.5, 0.6) is 5.75 Å². The average Bonchev–Trinajstić information content (AvgIpc) is 3.24. The van der Waals surface area contributed by atoms with E-state index in [9.17, 15) is 26.3 Å². The lowest BCUT2D eigenvalue weighted by atomic mass is 10.2. The highest BCUT2D eigenvalue weighted by atomic mass is 79.9. The maximum atomic E-state index is 10.6. The number of hydrogen-bond acceptors (Lipinski definition) is 7. The third kappa shape index (κ3) is 12.2. The molecule has 4 N–H and O–H groups in total. The maximum absolute atomic E-state index is 10.6. The van der Waals surface area contributed by atoms with Crippen LogP contribution in [0.25, 0.3) is 22.6 Å². The van der Waals surface area contributed by atoms with Crippen LogP contribution in [0.1, 0.15) is 0 Å². The molecule has 0 saturated heterocycles. The Bertz CT molecular complexity index is 1150. The van der Waals surface area contributed by atoms with Crippen LogP contribution in [0.2, 0.25) is 0 Å². The predicted octanol–water partition coefficient (Wildman–Crippen LogP) is 4.27. The molecule has 0 aliphatic rings. The lowest BCUT2D eigenvalue weighted by Gasteiger charge is -2.07. The summed E-state index contributed by atoms with van der Waals surface area (Å²) in [5.41, 5.74) is 2.60. The standard InChI is InChI=1S/C17H19BrN4O2.2C2HF3O2/c1-23-8-6-19-7-9-24-14-4-2-12(3-5-14)16-21-15-10-13(18)11-20-17(15)22-16;2*3-2(4,5)1(6)7/h2-5,10-11,19H,6-9H2,1H3,(H,20,21,22);2*(H,6,7). The number of carboxylic acids is 2. The van der Waals surface area contributed by atoms with Crippen LogP contribution in [-0.2, 0) is 14.3 Å². The first-order valence-electron chi connectivity index (χ1n) is 10.2. The first-order valence-corrected chi connectivity index (χ1v) is 11.0. The lowest BCUT2D eigenvalue weighted by molar-refractivity contribution is -0.193. The van der Waals surface area contributed by atoms with Gasteiger partial charge >= 0.3 is 24.3 Å². The zero-order valence-corrected chi connectivity index (χ0v) is 20.9. The number of pyridine rings is 1. The molecule has 38 heavy (non-hydrogen) atoms. The van der Waals surface area contributed by atoms with Crippen molar-refractivity contribution in [2.45, 2.75) is 12.4 Å². The number of imidazole rings is 1. The van der Waals surface area contributed by atoms with Crippen LogP contribution in [0.15, 0.2) is 41.0 Å². The highest BCUT2D eigenvalue weighted by Crippen LogP contribution is 2.23. The summed E-state index contributed by atoms with van der Waals surface area (Å²) in [5.74, 6) is -3.88. The van der Waals surface area contributed by atoms with Crippen LogP contribution in [-0.4, -0.2) is 82.9 Å². The van der Waals surface area contributed by atoms with Crippen molar-refractivity contribution in [3.05, 3.63) is 41.0 Å². The Balaban J connectivity index is 0.000000426. The minimum Gasteiger partial charge on any atom is -0.492 e. The Morgan fingerprint density at radius 3 is 2.03 bits per heavy atom. The fourth-order valence-corrected chi connectivity index (χ4v) is 2.59. The number of hydrogen-bond donors (Lipinski definition) is 4. The fourth-order valence-electron chi connectivity index (χ4n) is 2.26. The van der Waals surface area contributed by atoms with Gasteiger partial charge in [-0.2, -0.15) is 26.3 Å². The number of aromatic amines is 1. The Morgan fingerprint density at radius 2 is 1.53 bits per heavy atom. The minimum atomic E-state index is -5.08. The van der Waals surface area contributed by atoms with Crippen molar-refractivity contribution >= 4 is 39.0 Å². The number of halogens is 7. The molecule has 10 nitrogen and oxygen atoms in total. The third-order valence-corrected chi connectivity index (χ3v) is 4.38. The van der Waals surface area contributed by atoms with E-state index in [1.807, 2.05) is 30.3 Å². The zero-order chi connectivity index (χ0) is 28.9. The zero-order valence-electron chi connectivity index (χ0n) is 19.4. The molecule has 1 aromatic carbocycles. The first-order chi connectivity index (χ1) is 17.6. The van der Waals surface area contributed by atoms with E-state index in [1.165, 1.54) is 0 Å². The molecule has 0 aliphatic carbocycles. The molecule has 0 radical (unpaired) electrons. The number of aromatic nitrogens is 3. The summed E-state index contributed by atoms with van der Waals surface area (Å²) in [5, 5.41) is 17.5. The second kappa shape index (κ2) is 15.1. The van der Waals surface area contributed by atoms with Gasteiger partial charge in [0, 0.05) is 36.4 Å². The number of H-pyrrole nitrogens is 1. The highest BCUT2D eigenvalue weighted by Gasteiger charge is 2.38. The number of alkyl halides is 6. The Hall–Kier alpha value is -3.44. The van der Waals surface area contributed by atoms with Crippen molar-refractivity contribution in [3.8, 4) is 17.1 Å². The topological polar surface area (TPSA) is 147 Å². The Kier molecular flexibility index (Phi) is 12.9. The van der Waals surface area contributed by atoms with Gasteiger partial charge in [-0.3, -0.25) is 0 Å². The smallest absolute Gasteiger partial charge is 0.490 e. The molecule has 0 spiro atoms. The predicted molar refractivity (Wildman–Crippen MR) is 125 cm³/mol. The molecule has 0 aliphatic heterocycles. The van der Waals surface area contributed by atoms with E-state index in [0.29, 0.717) is 18.9 Å². The van der Waals surface area contributed by atoms with E-state index < -0.39 is 24.3 Å². The summed E-state index contributed by atoms with van der Waals surface area (Å²) < 4.78 is 75.1. The molecule has 0 amide bonds. The van der Waals surface area contributed by atoms with Crippen LogP contribution in [0, 0.1) is 0 Å². The number of nitrogens with zero attached hydrogens (tertiary/aromatic N) is 2. The fraction of sp³-hybridized carbons (Fsp3) is 0.333. The van der Waals surface area contributed by atoms with E-state index in [-0.39, 0.29) is 0 Å². The molecular formula is C21H21BrF6N4O6. The molecule has 0 atom stereocenters. The monoisotopic (exact) mass is 618 g/mol. The van der Waals surface area contributed by atoms with Gasteiger partial charge in [0.25, 0.3) is 0 Å². The molecule has 2 aromatic heterocycles. The third-order valence-electron chi connectivity index (χ3n) is 3.95. The maximum Gasteiger partial charge on any atom is 0.490 e. The highest BCUT2D eigenvalue weighted by molar-refractivity contribution is 9.10. The SMILES string of the molecule is COCCNCCOc1ccc(-c2nc3ncc(Br)cc3[nH]2)cc1.O=C(O)C(F)(F)F.O=C(O)C(F)(F)F. The molecular weight excluding hydrogens is 598 g/mol. The van der Waals surface area contributed by atoms with Crippen molar-refractivity contribution < 1.29 is 55.6 Å². The van der Waals surface area contributed by atoms with E-state index in [0.717, 1.165) is 40.2 Å². The van der Waals surface area contributed by atoms with Gasteiger partial charge < -0.3 is 30.0 Å². The summed E-state index contributed by atoms with van der Waals surface area (Å²) in [6, 6.07) is 9.83. The van der Waals surface area contributed by atoms with Crippen LogP contribution in [0.4, 0.5) is 26.3 Å². The van der Waals surface area contributed by atoms with Crippen LogP contribution < -0.4 is 10.1 Å². The largest absolute Gasteiger partial charge is 0.492 e. The van der Waals surface area contributed by atoms with Gasteiger partial charge in [0.05, 0.1) is 12.1 Å². The summed E-state index contributed by atoms with van der Waals surface area (Å²) in [6.45, 7) is 2.94. The van der Waals surface area contributed by atoms with Crippen molar-refractivity contribution in [1.82, 2.24) is 20.3 Å². The molecule has 3 rings (SSSR count). The normalized spacial score (nSPS) is 11.2. The molecule has 0 saturated carbocycles. The summed E-state index contributed by atoms with van der Waals surface area (Å²) in [7, 11) is 1.69. The molecule has 3 aromatic rings. The van der Waals surface area contributed by atoms with Gasteiger partial charge in [-0.05, 0) is 46.3 Å². The average molecular weight is 619 g/mol. The van der Waals surface area contributed by atoms with Crippen molar-refractivity contribution in [2.75, 3.05) is 33.4 Å². The van der Waals surface area contributed by atoms with E-state index in [2.05, 4.69) is 36.2 Å². The summed E-state index contributed by atoms with van der Waals surface area (Å²) >= 11 is 3.41. The number of carboxylic acid groups (broad SMARTS) is 2. The number of fused-ring (bicyclic) bond motifs is 1. The van der Waals surface area contributed by atoms with Gasteiger partial charge in [-0.25, -0.2) is 19.6 Å². The Morgan fingerprint density at radius 1 is 1.00 bits per heavy atom.